The molecular formula is C8H8N2OS. The van der Waals surface area contributed by atoms with E-state index in [-0.39, 0.29) is 0 Å². The van der Waals surface area contributed by atoms with Crippen LogP contribution in [0.1, 0.15) is 4.88 Å². The normalized spacial score (nSPS) is 10.4. The van der Waals surface area contributed by atoms with Gasteiger partial charge in [-0.05, 0) is 19.1 Å². The Bertz CT molecular complexity index is 378. The second-order valence-corrected chi connectivity index (χ2v) is 3.67. The molecule has 0 fully saturated rings. The Balaban J connectivity index is 2.54. The first kappa shape index (κ1) is 7.36. The summed E-state index contributed by atoms with van der Waals surface area (Å²) in [7, 11) is 0. The highest BCUT2D eigenvalue weighted by Gasteiger charge is 2.09. The van der Waals surface area contributed by atoms with Gasteiger partial charge in [0.15, 0.2) is 10.9 Å². The van der Waals surface area contributed by atoms with Crippen LogP contribution in [0.3, 0.4) is 0 Å². The fraction of sp³-hybridized carbons (Fsp3) is 0.125. The van der Waals surface area contributed by atoms with E-state index in [0.717, 1.165) is 16.3 Å². The van der Waals surface area contributed by atoms with Gasteiger partial charge in [-0.3, -0.25) is 0 Å². The standard InChI is InChI=1S/C8H8N2OS/c1-5-7(10-8(9)12-5)6-3-2-4-11-6/h2-4H,1H3,(H2,9,10). The molecule has 2 N–H and O–H groups in total. The highest BCUT2D eigenvalue weighted by molar-refractivity contribution is 7.15. The van der Waals surface area contributed by atoms with Crippen LogP contribution in [0.5, 0.6) is 0 Å². The van der Waals surface area contributed by atoms with Gasteiger partial charge in [0.2, 0.25) is 0 Å². The van der Waals surface area contributed by atoms with E-state index in [9.17, 15) is 0 Å². The van der Waals surface area contributed by atoms with Crippen molar-refractivity contribution in [1.82, 2.24) is 4.98 Å². The molecule has 0 aliphatic carbocycles. The number of thiazole rings is 1. The first-order valence-corrected chi connectivity index (χ1v) is 4.36. The molecule has 0 amide bonds. The van der Waals surface area contributed by atoms with Gasteiger partial charge in [0.25, 0.3) is 0 Å². The summed E-state index contributed by atoms with van der Waals surface area (Å²) in [5, 5.41) is 0.582. The van der Waals surface area contributed by atoms with E-state index in [0.29, 0.717) is 5.13 Å². The zero-order valence-electron chi connectivity index (χ0n) is 6.57. The molecule has 0 atom stereocenters. The van der Waals surface area contributed by atoms with Crippen LogP contribution in [0.15, 0.2) is 22.8 Å². The number of nitrogens with two attached hydrogens (primary N) is 1. The molecule has 0 aliphatic rings. The van der Waals surface area contributed by atoms with Gasteiger partial charge in [-0.25, -0.2) is 4.98 Å². The monoisotopic (exact) mass is 180 g/mol. The molecule has 12 heavy (non-hydrogen) atoms. The predicted octanol–water partition coefficient (Wildman–Crippen LogP) is 2.29. The Labute approximate surface area is 73.8 Å². The number of anilines is 1. The topological polar surface area (TPSA) is 52.0 Å². The lowest BCUT2D eigenvalue weighted by atomic mass is 10.3. The number of nitrogens with zero attached hydrogens (tertiary/aromatic N) is 1. The average molecular weight is 180 g/mol. The first-order valence-electron chi connectivity index (χ1n) is 3.54. The molecule has 2 aromatic rings. The van der Waals surface area contributed by atoms with Crippen LogP contribution < -0.4 is 5.73 Å². The molecular weight excluding hydrogens is 172 g/mol. The highest BCUT2D eigenvalue weighted by Crippen LogP contribution is 2.28. The van der Waals surface area contributed by atoms with Crippen LogP contribution in [0.4, 0.5) is 5.13 Å². The minimum atomic E-state index is 0.582. The van der Waals surface area contributed by atoms with Crippen LogP contribution in [-0.2, 0) is 0 Å². The Morgan fingerprint density at radius 2 is 2.42 bits per heavy atom. The molecule has 0 spiro atoms. The van der Waals surface area contributed by atoms with Crippen LogP contribution >= 0.6 is 11.3 Å². The lowest BCUT2D eigenvalue weighted by Gasteiger charge is -1.89. The summed E-state index contributed by atoms with van der Waals surface area (Å²) < 4.78 is 5.20. The van der Waals surface area contributed by atoms with E-state index < -0.39 is 0 Å². The molecule has 0 aromatic carbocycles. The van der Waals surface area contributed by atoms with E-state index in [1.807, 2.05) is 19.1 Å². The Kier molecular flexibility index (Phi) is 1.62. The predicted molar refractivity (Wildman–Crippen MR) is 49.0 cm³/mol. The molecule has 3 nitrogen and oxygen atoms in total. The maximum Gasteiger partial charge on any atom is 0.180 e. The largest absolute Gasteiger partial charge is 0.463 e. The molecule has 2 aromatic heterocycles. The Morgan fingerprint density at radius 3 is 2.92 bits per heavy atom. The first-order chi connectivity index (χ1) is 5.77. The lowest BCUT2D eigenvalue weighted by Crippen LogP contribution is -1.81. The highest BCUT2D eigenvalue weighted by atomic mass is 32.1. The van der Waals surface area contributed by atoms with Crippen LogP contribution in [0, 0.1) is 6.92 Å². The SMILES string of the molecule is Cc1sc(N)nc1-c1ccco1. The second kappa shape index (κ2) is 2.64. The van der Waals surface area contributed by atoms with E-state index in [1.165, 1.54) is 11.3 Å². The van der Waals surface area contributed by atoms with Crippen molar-refractivity contribution in [3.05, 3.63) is 23.3 Å². The summed E-state index contributed by atoms with van der Waals surface area (Å²) in [6.45, 7) is 1.98. The zero-order chi connectivity index (χ0) is 8.55. The van der Waals surface area contributed by atoms with E-state index in [2.05, 4.69) is 4.98 Å². The number of hydrogen-bond acceptors (Lipinski definition) is 4. The maximum atomic E-state index is 5.55. The van der Waals surface area contributed by atoms with Gasteiger partial charge in [0, 0.05) is 4.88 Å². The number of hydrogen-bond donors (Lipinski definition) is 1. The maximum absolute atomic E-state index is 5.55. The quantitative estimate of drug-likeness (QED) is 0.732. The molecule has 0 saturated heterocycles. The van der Waals surface area contributed by atoms with Crippen molar-refractivity contribution in [2.75, 3.05) is 5.73 Å². The van der Waals surface area contributed by atoms with E-state index in [4.69, 9.17) is 10.2 Å². The molecule has 0 unspecified atom stereocenters. The number of aryl methyl sites for hydroxylation is 1. The third-order valence-corrected chi connectivity index (χ3v) is 2.37. The fourth-order valence-electron chi connectivity index (χ4n) is 1.06. The van der Waals surface area contributed by atoms with Crippen molar-refractivity contribution in [3.8, 4) is 11.5 Å². The Morgan fingerprint density at radius 1 is 1.58 bits per heavy atom. The average Bonchev–Trinajstić information content (AvgIpc) is 2.58. The fourth-order valence-corrected chi connectivity index (χ4v) is 1.75. The van der Waals surface area contributed by atoms with Gasteiger partial charge in [0.1, 0.15) is 5.69 Å². The molecule has 4 heteroatoms. The zero-order valence-corrected chi connectivity index (χ0v) is 7.39. The van der Waals surface area contributed by atoms with Crippen molar-refractivity contribution in [2.24, 2.45) is 0 Å². The van der Waals surface area contributed by atoms with Gasteiger partial charge >= 0.3 is 0 Å². The van der Waals surface area contributed by atoms with Gasteiger partial charge in [0.05, 0.1) is 6.26 Å². The van der Waals surface area contributed by atoms with Crippen LogP contribution in [-0.4, -0.2) is 4.98 Å². The Hall–Kier alpha value is -1.29. The van der Waals surface area contributed by atoms with Gasteiger partial charge in [-0.2, -0.15) is 0 Å². The smallest absolute Gasteiger partial charge is 0.180 e. The van der Waals surface area contributed by atoms with Crippen molar-refractivity contribution in [1.29, 1.82) is 0 Å². The van der Waals surface area contributed by atoms with Crippen molar-refractivity contribution < 1.29 is 4.42 Å². The summed E-state index contributed by atoms with van der Waals surface area (Å²) in [6, 6.07) is 3.71. The summed E-state index contributed by atoms with van der Waals surface area (Å²) >= 11 is 1.47. The summed E-state index contributed by atoms with van der Waals surface area (Å²) in [5.41, 5.74) is 6.40. The third kappa shape index (κ3) is 1.10. The van der Waals surface area contributed by atoms with Crippen LogP contribution in [0.25, 0.3) is 11.5 Å². The van der Waals surface area contributed by atoms with Gasteiger partial charge in [-0.15, -0.1) is 11.3 Å². The van der Waals surface area contributed by atoms with E-state index in [1.54, 1.807) is 6.26 Å². The number of aromatic nitrogens is 1. The van der Waals surface area contributed by atoms with Gasteiger partial charge < -0.3 is 10.2 Å². The van der Waals surface area contributed by atoms with Crippen molar-refractivity contribution >= 4 is 16.5 Å². The molecule has 62 valence electrons. The molecule has 0 radical (unpaired) electrons. The van der Waals surface area contributed by atoms with Gasteiger partial charge in [-0.1, -0.05) is 0 Å². The number of rotatable bonds is 1. The number of nitrogen functional groups attached to an aromatic ring is 1. The van der Waals surface area contributed by atoms with E-state index >= 15 is 0 Å². The van der Waals surface area contributed by atoms with Crippen molar-refractivity contribution in [3.63, 3.8) is 0 Å². The molecule has 0 bridgehead atoms. The minimum absolute atomic E-state index is 0.582. The summed E-state index contributed by atoms with van der Waals surface area (Å²) in [5.74, 6) is 0.778. The molecule has 0 aliphatic heterocycles. The summed E-state index contributed by atoms with van der Waals surface area (Å²) in [6.07, 6.45) is 1.63. The third-order valence-electron chi connectivity index (χ3n) is 1.57. The molecule has 2 heterocycles. The molecule has 2 rings (SSSR count). The second-order valence-electron chi connectivity index (χ2n) is 2.43. The number of furan rings is 1. The van der Waals surface area contributed by atoms with Crippen LogP contribution in [0.2, 0.25) is 0 Å². The lowest BCUT2D eigenvalue weighted by molar-refractivity contribution is 0.580. The molecule has 0 saturated carbocycles. The van der Waals surface area contributed by atoms with Crippen molar-refractivity contribution in [2.45, 2.75) is 6.92 Å². The minimum Gasteiger partial charge on any atom is -0.463 e. The summed E-state index contributed by atoms with van der Waals surface area (Å²) in [4.78, 5) is 5.24.